The van der Waals surface area contributed by atoms with E-state index in [-0.39, 0.29) is 0 Å². The highest BCUT2D eigenvalue weighted by Gasteiger charge is 2.35. The van der Waals surface area contributed by atoms with Crippen molar-refractivity contribution in [3.8, 4) is 0 Å². The summed E-state index contributed by atoms with van der Waals surface area (Å²) < 4.78 is 0. The van der Waals surface area contributed by atoms with Crippen LogP contribution in [0.25, 0.3) is 0 Å². The van der Waals surface area contributed by atoms with Gasteiger partial charge >= 0.3 is 0 Å². The molecule has 1 N–H and O–H groups in total. The van der Waals surface area contributed by atoms with Crippen LogP contribution in [0.2, 0.25) is 0 Å². The third kappa shape index (κ3) is 2.59. The Labute approximate surface area is 106 Å². The molecule has 2 fully saturated rings. The Morgan fingerprint density at radius 2 is 1.94 bits per heavy atom. The first-order valence-corrected chi connectivity index (χ1v) is 7.74. The number of allylic oxidation sites excluding steroid dienone is 2. The Kier molecular flexibility index (Phi) is 3.56. The highest BCUT2D eigenvalue weighted by atomic mass is 14.9. The van der Waals surface area contributed by atoms with E-state index in [1.807, 2.05) is 0 Å². The van der Waals surface area contributed by atoms with Gasteiger partial charge in [-0.15, -0.1) is 0 Å². The Morgan fingerprint density at radius 3 is 2.59 bits per heavy atom. The Bertz CT molecular complexity index is 277. The molecule has 1 heteroatoms. The molecular weight excluding hydrogens is 206 g/mol. The van der Waals surface area contributed by atoms with Crippen LogP contribution in [0.3, 0.4) is 0 Å². The van der Waals surface area contributed by atoms with Crippen molar-refractivity contribution < 1.29 is 0 Å². The summed E-state index contributed by atoms with van der Waals surface area (Å²) in [7, 11) is 0. The molecule has 0 radical (unpaired) electrons. The molecule has 0 heterocycles. The summed E-state index contributed by atoms with van der Waals surface area (Å²) in [6.07, 6.45) is 15.2. The summed E-state index contributed by atoms with van der Waals surface area (Å²) in [5.41, 5.74) is 0. The third-order valence-corrected chi connectivity index (χ3v) is 5.48. The minimum absolute atomic E-state index is 0.749. The molecule has 0 amide bonds. The van der Waals surface area contributed by atoms with E-state index in [2.05, 4.69) is 24.4 Å². The highest BCUT2D eigenvalue weighted by molar-refractivity contribution is 5.10. The summed E-state index contributed by atoms with van der Waals surface area (Å²) >= 11 is 0. The van der Waals surface area contributed by atoms with Crippen LogP contribution in [-0.4, -0.2) is 12.6 Å². The molecule has 0 aromatic heterocycles. The summed E-state index contributed by atoms with van der Waals surface area (Å²) in [6.45, 7) is 3.68. The van der Waals surface area contributed by atoms with Gasteiger partial charge in [0.25, 0.3) is 0 Å². The van der Waals surface area contributed by atoms with Crippen LogP contribution in [0.15, 0.2) is 12.2 Å². The molecular formula is C16H27N. The zero-order valence-corrected chi connectivity index (χ0v) is 11.2. The van der Waals surface area contributed by atoms with Crippen molar-refractivity contribution >= 4 is 0 Å². The monoisotopic (exact) mass is 233 g/mol. The summed E-state index contributed by atoms with van der Waals surface area (Å²) in [6, 6.07) is 0.749. The average molecular weight is 233 g/mol. The van der Waals surface area contributed by atoms with Crippen LogP contribution in [0.1, 0.15) is 51.9 Å². The first-order chi connectivity index (χ1) is 8.33. The molecule has 3 aliphatic carbocycles. The van der Waals surface area contributed by atoms with Crippen molar-refractivity contribution in [2.24, 2.45) is 23.7 Å². The number of fused-ring (bicyclic) bond motifs is 2. The standard InChI is InChI=1S/C16H27N/c1-12(14-5-3-2-4-6-14)17-11-16-10-13-7-8-15(16)9-13/h7-8,12-17H,2-6,9-11H2,1H3/t12-,13?,15?,16?/m0/s1. The van der Waals surface area contributed by atoms with Gasteiger partial charge in [-0.1, -0.05) is 31.4 Å². The van der Waals surface area contributed by atoms with Gasteiger partial charge in [-0.25, -0.2) is 0 Å². The number of rotatable bonds is 4. The Balaban J connectivity index is 1.43. The molecule has 3 aliphatic rings. The maximum atomic E-state index is 3.85. The van der Waals surface area contributed by atoms with Crippen LogP contribution in [-0.2, 0) is 0 Å². The van der Waals surface area contributed by atoms with E-state index in [9.17, 15) is 0 Å². The second-order valence-corrected chi connectivity index (χ2v) is 6.64. The number of hydrogen-bond donors (Lipinski definition) is 1. The van der Waals surface area contributed by atoms with E-state index in [4.69, 9.17) is 0 Å². The normalized spacial score (nSPS) is 38.8. The molecule has 4 atom stereocenters. The first-order valence-electron chi connectivity index (χ1n) is 7.74. The van der Waals surface area contributed by atoms with Gasteiger partial charge < -0.3 is 5.32 Å². The maximum Gasteiger partial charge on any atom is 0.00671 e. The van der Waals surface area contributed by atoms with Gasteiger partial charge in [0.1, 0.15) is 0 Å². The minimum Gasteiger partial charge on any atom is -0.314 e. The molecule has 3 unspecified atom stereocenters. The molecule has 96 valence electrons. The van der Waals surface area contributed by atoms with E-state index in [1.165, 1.54) is 51.5 Å². The van der Waals surface area contributed by atoms with Crippen molar-refractivity contribution in [2.75, 3.05) is 6.54 Å². The van der Waals surface area contributed by atoms with Gasteiger partial charge in [-0.3, -0.25) is 0 Å². The van der Waals surface area contributed by atoms with Crippen molar-refractivity contribution in [3.63, 3.8) is 0 Å². The Morgan fingerprint density at radius 1 is 1.12 bits per heavy atom. The van der Waals surface area contributed by atoms with Gasteiger partial charge in [0.2, 0.25) is 0 Å². The highest BCUT2D eigenvalue weighted by Crippen LogP contribution is 2.43. The van der Waals surface area contributed by atoms with Crippen LogP contribution in [0.5, 0.6) is 0 Å². The Hall–Kier alpha value is -0.300. The molecule has 0 saturated heterocycles. The van der Waals surface area contributed by atoms with Gasteiger partial charge in [-0.05, 0) is 62.8 Å². The van der Waals surface area contributed by atoms with Gasteiger partial charge in [0.05, 0.1) is 0 Å². The maximum absolute atomic E-state index is 3.85. The zero-order valence-electron chi connectivity index (χ0n) is 11.2. The molecule has 0 aromatic rings. The molecule has 3 rings (SSSR count). The van der Waals surface area contributed by atoms with Crippen molar-refractivity contribution in [1.82, 2.24) is 5.32 Å². The first kappa shape index (κ1) is 11.8. The number of nitrogens with one attached hydrogen (secondary N) is 1. The van der Waals surface area contributed by atoms with Gasteiger partial charge in [0, 0.05) is 6.04 Å². The van der Waals surface area contributed by atoms with E-state index in [0.29, 0.717) is 0 Å². The predicted molar refractivity (Wildman–Crippen MR) is 72.9 cm³/mol. The topological polar surface area (TPSA) is 12.0 Å². The summed E-state index contributed by atoms with van der Waals surface area (Å²) in [5, 5.41) is 3.85. The van der Waals surface area contributed by atoms with E-state index >= 15 is 0 Å². The molecule has 2 saturated carbocycles. The lowest BCUT2D eigenvalue weighted by Gasteiger charge is -2.30. The SMILES string of the molecule is C[C@H](NCC1CC2C=CC1C2)C1CCCCC1. The lowest BCUT2D eigenvalue weighted by atomic mass is 9.84. The van der Waals surface area contributed by atoms with Gasteiger partial charge in [-0.2, -0.15) is 0 Å². The molecule has 2 bridgehead atoms. The fourth-order valence-corrected chi connectivity index (χ4v) is 4.27. The summed E-state index contributed by atoms with van der Waals surface area (Å²) in [5.74, 6) is 3.73. The average Bonchev–Trinajstić information content (AvgIpc) is 2.99. The van der Waals surface area contributed by atoms with E-state index < -0.39 is 0 Å². The third-order valence-electron chi connectivity index (χ3n) is 5.48. The van der Waals surface area contributed by atoms with Crippen LogP contribution in [0, 0.1) is 23.7 Å². The zero-order chi connectivity index (χ0) is 11.7. The second-order valence-electron chi connectivity index (χ2n) is 6.64. The second kappa shape index (κ2) is 5.14. The van der Waals surface area contributed by atoms with E-state index in [0.717, 1.165) is 29.7 Å². The fraction of sp³-hybridized carbons (Fsp3) is 0.875. The molecule has 0 aliphatic heterocycles. The number of hydrogen-bond acceptors (Lipinski definition) is 1. The van der Waals surface area contributed by atoms with Crippen molar-refractivity contribution in [2.45, 2.75) is 57.9 Å². The molecule has 1 nitrogen and oxygen atoms in total. The molecule has 17 heavy (non-hydrogen) atoms. The smallest absolute Gasteiger partial charge is 0.00671 e. The van der Waals surface area contributed by atoms with Crippen molar-refractivity contribution in [1.29, 1.82) is 0 Å². The quantitative estimate of drug-likeness (QED) is 0.729. The minimum atomic E-state index is 0.749. The fourth-order valence-electron chi connectivity index (χ4n) is 4.27. The van der Waals surface area contributed by atoms with Gasteiger partial charge in [0.15, 0.2) is 0 Å². The lowest BCUT2D eigenvalue weighted by molar-refractivity contribution is 0.265. The van der Waals surface area contributed by atoms with Crippen LogP contribution >= 0.6 is 0 Å². The molecule has 0 spiro atoms. The van der Waals surface area contributed by atoms with Crippen molar-refractivity contribution in [3.05, 3.63) is 12.2 Å². The van der Waals surface area contributed by atoms with E-state index in [1.54, 1.807) is 0 Å². The lowest BCUT2D eigenvalue weighted by Crippen LogP contribution is -2.38. The van der Waals surface area contributed by atoms with Crippen LogP contribution < -0.4 is 5.32 Å². The largest absolute Gasteiger partial charge is 0.314 e. The summed E-state index contributed by atoms with van der Waals surface area (Å²) in [4.78, 5) is 0. The van der Waals surface area contributed by atoms with Crippen LogP contribution in [0.4, 0.5) is 0 Å². The molecule has 0 aromatic carbocycles. The predicted octanol–water partition coefficient (Wildman–Crippen LogP) is 3.76.